The molecule has 0 aliphatic carbocycles. The first-order chi connectivity index (χ1) is 4.74. The number of rotatable bonds is 1. The Hall–Kier alpha value is -0.530. The molecule has 0 fully saturated rings. The molecule has 0 amide bonds. The van der Waals surface area contributed by atoms with E-state index < -0.39 is 0 Å². The van der Waals surface area contributed by atoms with E-state index in [1.807, 2.05) is 0 Å². The summed E-state index contributed by atoms with van der Waals surface area (Å²) in [6.45, 7) is 3.55. The Morgan fingerprint density at radius 2 is 2.20 bits per heavy atom. The third-order valence-corrected chi connectivity index (χ3v) is 1.58. The first kappa shape index (κ1) is 7.58. The number of nitrogens with zero attached hydrogens (tertiary/aromatic N) is 1. The maximum Gasteiger partial charge on any atom is 0.136 e. The summed E-state index contributed by atoms with van der Waals surface area (Å²) in [5.74, 6) is 0. The predicted octanol–water partition coefficient (Wildman–Crippen LogP) is 3.03. The van der Waals surface area contributed by atoms with Crippen LogP contribution in [0.1, 0.15) is 5.56 Å². The lowest BCUT2D eigenvalue weighted by molar-refractivity contribution is 1.32. The summed E-state index contributed by atoms with van der Waals surface area (Å²) in [5, 5.41) is 0.999. The second-order valence-electron chi connectivity index (χ2n) is 1.74. The van der Waals surface area contributed by atoms with E-state index in [2.05, 4.69) is 11.6 Å². The van der Waals surface area contributed by atoms with E-state index in [9.17, 15) is 0 Å². The molecule has 52 valence electrons. The van der Waals surface area contributed by atoms with Gasteiger partial charge in [-0.1, -0.05) is 35.9 Å². The topological polar surface area (TPSA) is 12.9 Å². The largest absolute Gasteiger partial charge is 0.242 e. The molecule has 0 aliphatic heterocycles. The molecule has 1 aromatic heterocycles. The molecular formula is C7H5Cl2N. The van der Waals surface area contributed by atoms with Crippen molar-refractivity contribution in [3.63, 3.8) is 0 Å². The van der Waals surface area contributed by atoms with Gasteiger partial charge in [-0.05, 0) is 6.07 Å². The Balaban J connectivity index is 3.21. The number of pyridine rings is 1. The van der Waals surface area contributed by atoms with E-state index >= 15 is 0 Å². The van der Waals surface area contributed by atoms with Crippen molar-refractivity contribution in [2.24, 2.45) is 0 Å². The fraction of sp³-hybridized carbons (Fsp3) is 0. The van der Waals surface area contributed by atoms with Crippen LogP contribution in [0.2, 0.25) is 10.2 Å². The molecule has 10 heavy (non-hydrogen) atoms. The Morgan fingerprint density at radius 3 is 2.70 bits per heavy atom. The molecule has 0 aromatic carbocycles. The molecule has 0 bridgehead atoms. The number of halogens is 2. The van der Waals surface area contributed by atoms with Gasteiger partial charge in [0, 0.05) is 11.8 Å². The maximum absolute atomic E-state index is 5.66. The van der Waals surface area contributed by atoms with Crippen LogP contribution in [0.3, 0.4) is 0 Å². The Bertz CT molecular complexity index is 258. The fourth-order valence-electron chi connectivity index (χ4n) is 0.581. The van der Waals surface area contributed by atoms with E-state index in [4.69, 9.17) is 23.2 Å². The quantitative estimate of drug-likeness (QED) is 0.596. The van der Waals surface area contributed by atoms with Gasteiger partial charge in [-0.2, -0.15) is 0 Å². The van der Waals surface area contributed by atoms with Crippen LogP contribution in [0.4, 0.5) is 0 Å². The minimum atomic E-state index is 0.430. The van der Waals surface area contributed by atoms with Crippen molar-refractivity contribution in [3.8, 4) is 0 Å². The molecule has 0 unspecified atom stereocenters. The zero-order valence-corrected chi connectivity index (χ0v) is 6.65. The lowest BCUT2D eigenvalue weighted by Crippen LogP contribution is -1.79. The monoisotopic (exact) mass is 173 g/mol. The molecule has 3 heteroatoms. The van der Waals surface area contributed by atoms with Crippen LogP contribution in [0.15, 0.2) is 18.8 Å². The minimum Gasteiger partial charge on any atom is -0.242 e. The first-order valence-electron chi connectivity index (χ1n) is 2.67. The second kappa shape index (κ2) is 3.04. The van der Waals surface area contributed by atoms with Crippen LogP contribution < -0.4 is 0 Å². The Morgan fingerprint density at radius 1 is 1.50 bits per heavy atom. The van der Waals surface area contributed by atoms with Crippen molar-refractivity contribution in [2.45, 2.75) is 0 Å². The van der Waals surface area contributed by atoms with Crippen molar-refractivity contribution in [1.82, 2.24) is 4.98 Å². The molecule has 0 saturated carbocycles. The first-order valence-corrected chi connectivity index (χ1v) is 3.43. The molecule has 0 spiro atoms. The normalized spacial score (nSPS) is 9.40. The number of hydrogen-bond donors (Lipinski definition) is 0. The van der Waals surface area contributed by atoms with Crippen molar-refractivity contribution >= 4 is 29.3 Å². The van der Waals surface area contributed by atoms with Crippen molar-refractivity contribution in [2.75, 3.05) is 0 Å². The lowest BCUT2D eigenvalue weighted by atomic mass is 10.3. The van der Waals surface area contributed by atoms with Gasteiger partial charge >= 0.3 is 0 Å². The molecule has 1 aromatic rings. The summed E-state index contributed by atoms with van der Waals surface area (Å²) < 4.78 is 0. The zero-order valence-electron chi connectivity index (χ0n) is 5.14. The highest BCUT2D eigenvalue weighted by atomic mass is 35.5. The van der Waals surface area contributed by atoms with Crippen molar-refractivity contribution < 1.29 is 0 Å². The minimum absolute atomic E-state index is 0.430. The van der Waals surface area contributed by atoms with Crippen LogP contribution >= 0.6 is 23.2 Å². The van der Waals surface area contributed by atoms with E-state index in [0.717, 1.165) is 5.56 Å². The van der Waals surface area contributed by atoms with Crippen LogP contribution in [-0.2, 0) is 0 Å². The van der Waals surface area contributed by atoms with Crippen molar-refractivity contribution in [1.29, 1.82) is 0 Å². The average Bonchev–Trinajstić information content (AvgIpc) is 1.94. The summed E-state index contributed by atoms with van der Waals surface area (Å²) in [7, 11) is 0. The van der Waals surface area contributed by atoms with E-state index in [-0.39, 0.29) is 0 Å². The van der Waals surface area contributed by atoms with Gasteiger partial charge in [0.05, 0.1) is 5.02 Å². The molecule has 0 aliphatic rings. The Labute approximate surface area is 69.3 Å². The third-order valence-electron chi connectivity index (χ3n) is 1.05. The van der Waals surface area contributed by atoms with E-state index in [0.29, 0.717) is 10.2 Å². The molecule has 1 heterocycles. The third kappa shape index (κ3) is 1.49. The smallest absolute Gasteiger partial charge is 0.136 e. The van der Waals surface area contributed by atoms with Gasteiger partial charge in [0.2, 0.25) is 0 Å². The number of hydrogen-bond acceptors (Lipinski definition) is 1. The lowest BCUT2D eigenvalue weighted by Gasteiger charge is -1.95. The van der Waals surface area contributed by atoms with Gasteiger partial charge in [-0.15, -0.1) is 0 Å². The second-order valence-corrected chi connectivity index (χ2v) is 2.53. The average molecular weight is 174 g/mol. The SMILES string of the molecule is C=Cc1cc(Cl)cnc1Cl. The molecule has 0 radical (unpaired) electrons. The molecule has 0 atom stereocenters. The molecule has 1 nitrogen and oxygen atoms in total. The van der Waals surface area contributed by atoms with Gasteiger partial charge in [0.25, 0.3) is 0 Å². The Kier molecular flexibility index (Phi) is 2.30. The summed E-state index contributed by atoms with van der Waals surface area (Å²) in [4.78, 5) is 3.81. The van der Waals surface area contributed by atoms with Gasteiger partial charge in [-0.25, -0.2) is 4.98 Å². The maximum atomic E-state index is 5.66. The highest BCUT2D eigenvalue weighted by Crippen LogP contribution is 2.17. The summed E-state index contributed by atoms with van der Waals surface area (Å²) in [6, 6.07) is 1.71. The fourth-order valence-corrected chi connectivity index (χ4v) is 0.928. The van der Waals surface area contributed by atoms with Crippen LogP contribution in [0, 0.1) is 0 Å². The highest BCUT2D eigenvalue weighted by Gasteiger charge is 1.96. The van der Waals surface area contributed by atoms with E-state index in [1.165, 1.54) is 6.20 Å². The van der Waals surface area contributed by atoms with Gasteiger partial charge in [0.1, 0.15) is 5.15 Å². The number of aromatic nitrogens is 1. The van der Waals surface area contributed by atoms with Crippen LogP contribution in [0.5, 0.6) is 0 Å². The molecule has 1 rings (SSSR count). The molecule has 0 saturated heterocycles. The summed E-state index contributed by atoms with van der Waals surface area (Å²) >= 11 is 11.3. The van der Waals surface area contributed by atoms with Crippen molar-refractivity contribution in [3.05, 3.63) is 34.6 Å². The summed E-state index contributed by atoms with van der Waals surface area (Å²) in [6.07, 6.45) is 3.11. The van der Waals surface area contributed by atoms with Crippen LogP contribution in [0.25, 0.3) is 6.08 Å². The highest BCUT2D eigenvalue weighted by molar-refractivity contribution is 6.33. The van der Waals surface area contributed by atoms with Crippen LogP contribution in [-0.4, -0.2) is 4.98 Å². The van der Waals surface area contributed by atoms with E-state index in [1.54, 1.807) is 12.1 Å². The standard InChI is InChI=1S/C7H5Cl2N/c1-2-5-3-6(8)4-10-7(5)9/h2-4H,1H2. The van der Waals surface area contributed by atoms with Gasteiger partial charge < -0.3 is 0 Å². The zero-order chi connectivity index (χ0) is 7.56. The summed E-state index contributed by atoms with van der Waals surface area (Å²) in [5.41, 5.74) is 0.758. The predicted molar refractivity (Wildman–Crippen MR) is 44.3 cm³/mol. The molecule has 0 N–H and O–H groups in total. The van der Waals surface area contributed by atoms with Gasteiger partial charge in [0.15, 0.2) is 0 Å². The van der Waals surface area contributed by atoms with Gasteiger partial charge in [-0.3, -0.25) is 0 Å². The molecular weight excluding hydrogens is 169 g/mol.